The molecule has 1 amide bonds. The second-order valence-electron chi connectivity index (χ2n) is 6.89. The minimum atomic E-state index is -0.304. The molecule has 3 aromatic rings. The SMILES string of the molecule is COC(=O)C1CCN(C(=O)c2cc3c(C)nn(-c4ccc(F)cc4)c3s2)CC1. The van der Waals surface area contributed by atoms with Gasteiger partial charge in [-0.1, -0.05) is 0 Å². The monoisotopic (exact) mass is 401 g/mol. The van der Waals surface area contributed by atoms with E-state index in [1.165, 1.54) is 30.6 Å². The van der Waals surface area contributed by atoms with E-state index >= 15 is 0 Å². The molecular formula is C20H20FN3O3S. The number of piperidine rings is 1. The topological polar surface area (TPSA) is 64.4 Å². The van der Waals surface area contributed by atoms with E-state index < -0.39 is 0 Å². The van der Waals surface area contributed by atoms with Crippen LogP contribution in [0.25, 0.3) is 15.9 Å². The number of carbonyl (C=O) groups excluding carboxylic acids is 2. The van der Waals surface area contributed by atoms with Crippen molar-refractivity contribution >= 4 is 33.4 Å². The summed E-state index contributed by atoms with van der Waals surface area (Å²) in [5.74, 6) is -0.675. The standard InChI is InChI=1S/C20H20FN3O3S/c1-12-16-11-17(18(25)23-9-7-13(8-10-23)20(26)27-2)28-19(16)24(22-12)15-5-3-14(21)4-6-15/h3-6,11,13H,7-10H2,1-2H3. The molecule has 2 aromatic heterocycles. The molecule has 0 N–H and O–H groups in total. The summed E-state index contributed by atoms with van der Waals surface area (Å²) in [5, 5.41) is 5.45. The lowest BCUT2D eigenvalue weighted by atomic mass is 9.97. The zero-order valence-electron chi connectivity index (χ0n) is 15.6. The van der Waals surface area contributed by atoms with Gasteiger partial charge in [-0.2, -0.15) is 5.10 Å². The Morgan fingerprint density at radius 2 is 1.89 bits per heavy atom. The molecule has 0 radical (unpaired) electrons. The van der Waals surface area contributed by atoms with Gasteiger partial charge in [0.15, 0.2) is 0 Å². The number of aromatic nitrogens is 2. The second kappa shape index (κ2) is 7.35. The molecule has 28 heavy (non-hydrogen) atoms. The summed E-state index contributed by atoms with van der Waals surface area (Å²) in [4.78, 5) is 27.9. The van der Waals surface area contributed by atoms with Crippen molar-refractivity contribution in [2.75, 3.05) is 20.2 Å². The molecule has 1 fully saturated rings. The number of fused-ring (bicyclic) bond motifs is 1. The maximum absolute atomic E-state index is 13.2. The predicted molar refractivity (Wildman–Crippen MR) is 104 cm³/mol. The highest BCUT2D eigenvalue weighted by Crippen LogP contribution is 2.32. The fraction of sp³-hybridized carbons (Fsp3) is 0.350. The van der Waals surface area contributed by atoms with Crippen LogP contribution in [0.1, 0.15) is 28.2 Å². The van der Waals surface area contributed by atoms with Gasteiger partial charge in [0.2, 0.25) is 0 Å². The van der Waals surface area contributed by atoms with Crippen molar-refractivity contribution in [1.82, 2.24) is 14.7 Å². The minimum absolute atomic E-state index is 0.0328. The second-order valence-corrected chi connectivity index (χ2v) is 7.92. The number of thiophene rings is 1. The molecule has 4 rings (SSSR count). The van der Waals surface area contributed by atoms with Crippen LogP contribution in [-0.4, -0.2) is 46.8 Å². The fourth-order valence-corrected chi connectivity index (χ4v) is 4.70. The van der Waals surface area contributed by atoms with Gasteiger partial charge in [0.25, 0.3) is 5.91 Å². The number of hydrogen-bond acceptors (Lipinski definition) is 5. The highest BCUT2D eigenvalue weighted by atomic mass is 32.1. The molecule has 0 saturated carbocycles. The van der Waals surface area contributed by atoms with Gasteiger partial charge in [-0.3, -0.25) is 9.59 Å². The van der Waals surface area contributed by atoms with Crippen LogP contribution in [0.4, 0.5) is 4.39 Å². The Bertz CT molecular complexity index is 1030. The Hall–Kier alpha value is -2.74. The molecule has 0 spiro atoms. The Morgan fingerprint density at radius 3 is 2.54 bits per heavy atom. The zero-order chi connectivity index (χ0) is 19.8. The van der Waals surface area contributed by atoms with E-state index in [0.717, 1.165) is 21.6 Å². The van der Waals surface area contributed by atoms with Gasteiger partial charge >= 0.3 is 5.97 Å². The van der Waals surface area contributed by atoms with Crippen molar-refractivity contribution in [2.45, 2.75) is 19.8 Å². The molecule has 1 aliphatic rings. The number of esters is 1. The Kier molecular flexibility index (Phi) is 4.89. The molecule has 0 bridgehead atoms. The number of nitrogens with zero attached hydrogens (tertiary/aromatic N) is 3. The van der Waals surface area contributed by atoms with Crippen LogP contribution < -0.4 is 0 Å². The number of benzene rings is 1. The van der Waals surface area contributed by atoms with Crippen LogP contribution in [0.2, 0.25) is 0 Å². The highest BCUT2D eigenvalue weighted by Gasteiger charge is 2.29. The number of likely N-dealkylation sites (tertiary alicyclic amines) is 1. The quantitative estimate of drug-likeness (QED) is 0.630. The van der Waals surface area contributed by atoms with Crippen molar-refractivity contribution in [2.24, 2.45) is 5.92 Å². The molecule has 3 heterocycles. The number of halogens is 1. The zero-order valence-corrected chi connectivity index (χ0v) is 16.5. The lowest BCUT2D eigenvalue weighted by Gasteiger charge is -2.30. The van der Waals surface area contributed by atoms with Crippen LogP contribution in [0.5, 0.6) is 0 Å². The predicted octanol–water partition coefficient (Wildman–Crippen LogP) is 3.56. The number of hydrogen-bond donors (Lipinski definition) is 0. The van der Waals surface area contributed by atoms with Gasteiger partial charge in [-0.15, -0.1) is 11.3 Å². The Morgan fingerprint density at radius 1 is 1.21 bits per heavy atom. The summed E-state index contributed by atoms with van der Waals surface area (Å²) in [5.41, 5.74) is 1.57. The van der Waals surface area contributed by atoms with Crippen LogP contribution in [-0.2, 0) is 9.53 Å². The smallest absolute Gasteiger partial charge is 0.308 e. The van der Waals surface area contributed by atoms with Gasteiger partial charge in [-0.05, 0) is 50.1 Å². The molecule has 1 saturated heterocycles. The minimum Gasteiger partial charge on any atom is -0.469 e. The molecule has 6 nitrogen and oxygen atoms in total. The van der Waals surface area contributed by atoms with E-state index in [1.807, 2.05) is 13.0 Å². The van der Waals surface area contributed by atoms with Crippen LogP contribution >= 0.6 is 11.3 Å². The van der Waals surface area contributed by atoms with Crippen LogP contribution in [0.3, 0.4) is 0 Å². The molecule has 0 aliphatic carbocycles. The lowest BCUT2D eigenvalue weighted by Crippen LogP contribution is -2.40. The van der Waals surface area contributed by atoms with E-state index in [-0.39, 0.29) is 23.6 Å². The van der Waals surface area contributed by atoms with Crippen molar-refractivity contribution in [1.29, 1.82) is 0 Å². The maximum Gasteiger partial charge on any atom is 0.308 e. The Labute approximate surface area is 165 Å². The van der Waals surface area contributed by atoms with E-state index in [0.29, 0.717) is 30.8 Å². The average molecular weight is 401 g/mol. The molecular weight excluding hydrogens is 381 g/mol. The molecule has 1 aliphatic heterocycles. The van der Waals surface area contributed by atoms with Gasteiger partial charge in [0.05, 0.1) is 29.3 Å². The largest absolute Gasteiger partial charge is 0.469 e. The van der Waals surface area contributed by atoms with Crippen molar-refractivity contribution in [3.8, 4) is 5.69 Å². The molecule has 8 heteroatoms. The number of methoxy groups -OCH3 is 1. The van der Waals surface area contributed by atoms with Crippen molar-refractivity contribution in [3.05, 3.63) is 46.7 Å². The number of aryl methyl sites for hydroxylation is 1. The first kappa shape index (κ1) is 18.6. The summed E-state index contributed by atoms with van der Waals surface area (Å²) < 4.78 is 19.8. The maximum atomic E-state index is 13.2. The first-order valence-electron chi connectivity index (χ1n) is 9.10. The first-order chi connectivity index (χ1) is 13.5. The molecule has 0 atom stereocenters. The average Bonchev–Trinajstić information content (AvgIpc) is 3.28. The van der Waals surface area contributed by atoms with Crippen LogP contribution in [0.15, 0.2) is 30.3 Å². The normalized spacial score (nSPS) is 15.2. The lowest BCUT2D eigenvalue weighted by molar-refractivity contribution is -0.146. The van der Waals surface area contributed by atoms with E-state index in [1.54, 1.807) is 21.7 Å². The molecule has 146 valence electrons. The van der Waals surface area contributed by atoms with E-state index in [4.69, 9.17) is 4.74 Å². The third kappa shape index (κ3) is 3.28. The van der Waals surface area contributed by atoms with E-state index in [9.17, 15) is 14.0 Å². The summed E-state index contributed by atoms with van der Waals surface area (Å²) in [6.45, 7) is 2.97. The Balaban J connectivity index is 1.58. The number of amides is 1. The summed E-state index contributed by atoms with van der Waals surface area (Å²) in [6, 6.07) is 7.99. The van der Waals surface area contributed by atoms with Gasteiger partial charge < -0.3 is 9.64 Å². The fourth-order valence-electron chi connectivity index (χ4n) is 3.55. The van der Waals surface area contributed by atoms with Gasteiger partial charge in [0.1, 0.15) is 10.6 Å². The summed E-state index contributed by atoms with van der Waals surface area (Å²) in [6.07, 6.45) is 1.23. The van der Waals surface area contributed by atoms with Crippen LogP contribution in [0, 0.1) is 18.7 Å². The van der Waals surface area contributed by atoms with Gasteiger partial charge in [0, 0.05) is 18.5 Å². The number of carbonyl (C=O) groups is 2. The molecule has 1 aromatic carbocycles. The summed E-state index contributed by atoms with van der Waals surface area (Å²) >= 11 is 1.38. The molecule has 0 unspecified atom stereocenters. The van der Waals surface area contributed by atoms with E-state index in [2.05, 4.69) is 5.10 Å². The third-order valence-corrected chi connectivity index (χ3v) is 6.24. The first-order valence-corrected chi connectivity index (χ1v) is 9.92. The van der Waals surface area contributed by atoms with Gasteiger partial charge in [-0.25, -0.2) is 9.07 Å². The third-order valence-electron chi connectivity index (χ3n) is 5.14. The number of rotatable bonds is 3. The van der Waals surface area contributed by atoms with Crippen molar-refractivity contribution < 1.29 is 18.7 Å². The number of ether oxygens (including phenoxy) is 1. The summed E-state index contributed by atoms with van der Waals surface area (Å²) in [7, 11) is 1.39. The highest BCUT2D eigenvalue weighted by molar-refractivity contribution is 7.20. The van der Waals surface area contributed by atoms with Crippen molar-refractivity contribution in [3.63, 3.8) is 0 Å².